The van der Waals surface area contributed by atoms with Crippen LogP contribution < -0.4 is 14.2 Å². The van der Waals surface area contributed by atoms with Gasteiger partial charge in [-0.25, -0.2) is 0 Å². The van der Waals surface area contributed by atoms with Crippen LogP contribution in [0.25, 0.3) is 0 Å². The standard InChI is InChI=1S/C25H32N2O5/c1-18(2)15-30-16-21-13-20(5-7-22(21)29-3)25(28)27-10-8-26(9-11-27)14-19-4-6-23-24(12-19)32-17-31-23/h4-7,12-13,18H,8-11,14-17H2,1-3H3. The zero-order valence-electron chi connectivity index (χ0n) is 19.1. The summed E-state index contributed by atoms with van der Waals surface area (Å²) in [5, 5.41) is 0. The van der Waals surface area contributed by atoms with Crippen LogP contribution in [0.3, 0.4) is 0 Å². The fourth-order valence-electron chi connectivity index (χ4n) is 4.02. The maximum Gasteiger partial charge on any atom is 0.253 e. The largest absolute Gasteiger partial charge is 0.496 e. The van der Waals surface area contributed by atoms with E-state index in [0.717, 1.165) is 42.4 Å². The van der Waals surface area contributed by atoms with E-state index in [9.17, 15) is 4.79 Å². The van der Waals surface area contributed by atoms with E-state index in [1.807, 2.05) is 35.2 Å². The lowest BCUT2D eigenvalue weighted by atomic mass is 10.1. The van der Waals surface area contributed by atoms with Crippen LogP contribution in [0.5, 0.6) is 17.2 Å². The molecule has 2 aromatic rings. The molecule has 7 heteroatoms. The summed E-state index contributed by atoms with van der Waals surface area (Å²) in [6.45, 7) is 9.53. The first-order valence-corrected chi connectivity index (χ1v) is 11.2. The van der Waals surface area contributed by atoms with E-state index in [2.05, 4.69) is 24.8 Å². The molecule has 172 valence electrons. The average Bonchev–Trinajstić information content (AvgIpc) is 3.27. The van der Waals surface area contributed by atoms with Gasteiger partial charge in [-0.3, -0.25) is 9.69 Å². The van der Waals surface area contributed by atoms with Gasteiger partial charge in [0.25, 0.3) is 5.91 Å². The third-order valence-electron chi connectivity index (χ3n) is 5.74. The number of carbonyl (C=O) groups is 1. The van der Waals surface area contributed by atoms with Crippen LogP contribution >= 0.6 is 0 Å². The van der Waals surface area contributed by atoms with Crippen molar-refractivity contribution < 1.29 is 23.7 Å². The van der Waals surface area contributed by atoms with Crippen LogP contribution in [0.1, 0.15) is 35.3 Å². The fourth-order valence-corrected chi connectivity index (χ4v) is 4.02. The van der Waals surface area contributed by atoms with E-state index in [1.54, 1.807) is 7.11 Å². The summed E-state index contributed by atoms with van der Waals surface area (Å²) >= 11 is 0. The second kappa shape index (κ2) is 10.2. The Balaban J connectivity index is 1.33. The van der Waals surface area contributed by atoms with Gasteiger partial charge in [0.1, 0.15) is 5.75 Å². The molecular weight excluding hydrogens is 408 g/mol. The van der Waals surface area contributed by atoms with E-state index in [-0.39, 0.29) is 12.7 Å². The minimum Gasteiger partial charge on any atom is -0.496 e. The first-order valence-electron chi connectivity index (χ1n) is 11.2. The summed E-state index contributed by atoms with van der Waals surface area (Å²) in [6.07, 6.45) is 0. The number of nitrogens with zero attached hydrogens (tertiary/aromatic N) is 2. The second-order valence-electron chi connectivity index (χ2n) is 8.69. The number of hydrogen-bond acceptors (Lipinski definition) is 6. The summed E-state index contributed by atoms with van der Waals surface area (Å²) in [7, 11) is 1.64. The van der Waals surface area contributed by atoms with Crippen molar-refractivity contribution in [1.82, 2.24) is 9.80 Å². The van der Waals surface area contributed by atoms with Crippen LogP contribution in [0.2, 0.25) is 0 Å². The molecule has 1 fully saturated rings. The van der Waals surface area contributed by atoms with E-state index < -0.39 is 0 Å². The minimum atomic E-state index is 0.0560. The molecule has 2 aromatic carbocycles. The second-order valence-corrected chi connectivity index (χ2v) is 8.69. The van der Waals surface area contributed by atoms with Gasteiger partial charge in [-0.15, -0.1) is 0 Å². The Kier molecular flexibility index (Phi) is 7.17. The van der Waals surface area contributed by atoms with Crippen molar-refractivity contribution in [2.45, 2.75) is 27.0 Å². The Labute approximate surface area is 189 Å². The molecule has 0 bridgehead atoms. The van der Waals surface area contributed by atoms with Gasteiger partial charge in [0.2, 0.25) is 6.79 Å². The van der Waals surface area contributed by atoms with Gasteiger partial charge in [0.05, 0.1) is 13.7 Å². The summed E-state index contributed by atoms with van der Waals surface area (Å²) in [4.78, 5) is 17.4. The van der Waals surface area contributed by atoms with Gasteiger partial charge in [-0.05, 0) is 41.8 Å². The van der Waals surface area contributed by atoms with Crippen LogP contribution in [-0.4, -0.2) is 62.4 Å². The van der Waals surface area contributed by atoms with Gasteiger partial charge in [0.15, 0.2) is 11.5 Å². The number of hydrogen-bond donors (Lipinski definition) is 0. The van der Waals surface area contributed by atoms with E-state index in [1.165, 1.54) is 5.56 Å². The molecular formula is C25H32N2O5. The average molecular weight is 441 g/mol. The first kappa shape index (κ1) is 22.4. The highest BCUT2D eigenvalue weighted by molar-refractivity contribution is 5.94. The molecule has 2 heterocycles. The van der Waals surface area contributed by atoms with Crippen LogP contribution in [-0.2, 0) is 17.9 Å². The SMILES string of the molecule is COc1ccc(C(=O)N2CCN(Cc3ccc4c(c3)OCO4)CC2)cc1COCC(C)C. The van der Waals surface area contributed by atoms with Crippen molar-refractivity contribution in [3.63, 3.8) is 0 Å². The van der Waals surface area contributed by atoms with Crippen molar-refractivity contribution in [2.75, 3.05) is 46.7 Å². The zero-order valence-corrected chi connectivity index (χ0v) is 19.1. The predicted molar refractivity (Wildman–Crippen MR) is 121 cm³/mol. The molecule has 0 N–H and O–H groups in total. The Hall–Kier alpha value is -2.77. The molecule has 2 aliphatic rings. The molecule has 1 saturated heterocycles. The molecule has 2 aliphatic heterocycles. The number of carbonyl (C=O) groups excluding carboxylic acids is 1. The topological polar surface area (TPSA) is 60.5 Å². The summed E-state index contributed by atoms with van der Waals surface area (Å²) in [6, 6.07) is 11.7. The lowest BCUT2D eigenvalue weighted by Crippen LogP contribution is -2.48. The summed E-state index contributed by atoms with van der Waals surface area (Å²) < 4.78 is 22.1. The predicted octanol–water partition coefficient (Wildman–Crippen LogP) is 3.55. The molecule has 1 amide bonds. The van der Waals surface area contributed by atoms with Crippen molar-refractivity contribution in [3.05, 3.63) is 53.1 Å². The monoisotopic (exact) mass is 440 g/mol. The van der Waals surface area contributed by atoms with E-state index >= 15 is 0 Å². The minimum absolute atomic E-state index is 0.0560. The zero-order chi connectivity index (χ0) is 22.5. The number of ether oxygens (including phenoxy) is 4. The number of rotatable bonds is 8. The molecule has 0 aromatic heterocycles. The van der Waals surface area contributed by atoms with Crippen molar-refractivity contribution in [1.29, 1.82) is 0 Å². The Morgan fingerprint density at radius 2 is 1.81 bits per heavy atom. The number of benzene rings is 2. The van der Waals surface area contributed by atoms with Gasteiger partial charge in [-0.2, -0.15) is 0 Å². The summed E-state index contributed by atoms with van der Waals surface area (Å²) in [5.41, 5.74) is 2.77. The molecule has 0 spiro atoms. The highest BCUT2D eigenvalue weighted by atomic mass is 16.7. The quantitative estimate of drug-likeness (QED) is 0.626. The molecule has 0 unspecified atom stereocenters. The highest BCUT2D eigenvalue weighted by Gasteiger charge is 2.23. The fraction of sp³-hybridized carbons (Fsp3) is 0.480. The maximum absolute atomic E-state index is 13.1. The van der Waals surface area contributed by atoms with Crippen LogP contribution in [0.15, 0.2) is 36.4 Å². The Morgan fingerprint density at radius 3 is 2.56 bits per heavy atom. The summed E-state index contributed by atoms with van der Waals surface area (Å²) in [5.74, 6) is 2.88. The Morgan fingerprint density at radius 1 is 1.03 bits per heavy atom. The molecule has 7 nitrogen and oxygen atoms in total. The van der Waals surface area contributed by atoms with Crippen LogP contribution in [0, 0.1) is 5.92 Å². The van der Waals surface area contributed by atoms with Gasteiger partial charge in [-0.1, -0.05) is 19.9 Å². The van der Waals surface area contributed by atoms with Crippen molar-refractivity contribution >= 4 is 5.91 Å². The molecule has 4 rings (SSSR count). The van der Waals surface area contributed by atoms with E-state index in [0.29, 0.717) is 37.8 Å². The van der Waals surface area contributed by atoms with Crippen molar-refractivity contribution in [3.8, 4) is 17.2 Å². The van der Waals surface area contributed by atoms with Gasteiger partial charge in [0, 0.05) is 50.5 Å². The third-order valence-corrected chi connectivity index (χ3v) is 5.74. The third kappa shape index (κ3) is 5.34. The van der Waals surface area contributed by atoms with E-state index in [4.69, 9.17) is 18.9 Å². The smallest absolute Gasteiger partial charge is 0.253 e. The maximum atomic E-state index is 13.1. The molecule has 0 saturated carbocycles. The number of amides is 1. The molecule has 0 aliphatic carbocycles. The lowest BCUT2D eigenvalue weighted by molar-refractivity contribution is 0.0627. The van der Waals surface area contributed by atoms with Gasteiger partial charge >= 0.3 is 0 Å². The van der Waals surface area contributed by atoms with Gasteiger partial charge < -0.3 is 23.8 Å². The molecule has 0 radical (unpaired) electrons. The number of methoxy groups -OCH3 is 1. The highest BCUT2D eigenvalue weighted by Crippen LogP contribution is 2.33. The first-order chi connectivity index (χ1) is 15.5. The Bertz CT molecular complexity index is 938. The molecule has 32 heavy (non-hydrogen) atoms. The van der Waals surface area contributed by atoms with Crippen molar-refractivity contribution in [2.24, 2.45) is 5.92 Å². The number of piperazine rings is 1. The lowest BCUT2D eigenvalue weighted by Gasteiger charge is -2.35. The number of fused-ring (bicyclic) bond motifs is 1. The normalized spacial score (nSPS) is 15.9. The molecule has 0 atom stereocenters. The van der Waals surface area contributed by atoms with Crippen LogP contribution in [0.4, 0.5) is 0 Å².